The predicted octanol–water partition coefficient (Wildman–Crippen LogP) is 1.56. The molecule has 0 radical (unpaired) electrons. The first-order valence-electron chi connectivity index (χ1n) is 11.3. The summed E-state index contributed by atoms with van der Waals surface area (Å²) in [5.41, 5.74) is 2.37. The molecule has 1 aromatic carbocycles. The summed E-state index contributed by atoms with van der Waals surface area (Å²) >= 11 is 0. The number of aliphatic imine (C=N–C) groups is 1. The molecular formula is C23H38IN5O3. The van der Waals surface area contributed by atoms with Crippen molar-refractivity contribution in [1.82, 2.24) is 20.4 Å². The van der Waals surface area contributed by atoms with Crippen molar-refractivity contribution in [2.45, 2.75) is 51.0 Å². The van der Waals surface area contributed by atoms with Gasteiger partial charge in [-0.15, -0.1) is 24.0 Å². The van der Waals surface area contributed by atoms with Crippen molar-refractivity contribution in [3.05, 3.63) is 35.4 Å². The van der Waals surface area contributed by atoms with Crippen LogP contribution in [0.3, 0.4) is 0 Å². The molecule has 2 atom stereocenters. The molecule has 0 aromatic heterocycles. The zero-order valence-electron chi connectivity index (χ0n) is 19.3. The molecule has 2 unspecified atom stereocenters. The van der Waals surface area contributed by atoms with Gasteiger partial charge in [0.25, 0.3) is 0 Å². The fourth-order valence-electron chi connectivity index (χ4n) is 3.90. The van der Waals surface area contributed by atoms with Crippen LogP contribution in [0.4, 0.5) is 0 Å². The lowest BCUT2D eigenvalue weighted by Crippen LogP contribution is -2.45. The Balaban J connectivity index is 0.00000363. The van der Waals surface area contributed by atoms with Crippen LogP contribution in [-0.4, -0.2) is 85.9 Å². The number of halogens is 1. The lowest BCUT2D eigenvalue weighted by molar-refractivity contribution is -0.127. The predicted molar refractivity (Wildman–Crippen MR) is 137 cm³/mol. The van der Waals surface area contributed by atoms with Crippen LogP contribution >= 0.6 is 24.0 Å². The molecule has 1 aromatic rings. The minimum atomic E-state index is -0.221. The molecule has 8 nitrogen and oxygen atoms in total. The Bertz CT molecular complexity index is 740. The number of amides is 1. The lowest BCUT2D eigenvalue weighted by Gasteiger charge is -2.24. The maximum Gasteiger partial charge on any atom is 0.241 e. The van der Waals surface area contributed by atoms with Crippen LogP contribution in [0.1, 0.15) is 36.8 Å². The summed E-state index contributed by atoms with van der Waals surface area (Å²) in [6, 6.07) is 8.29. The summed E-state index contributed by atoms with van der Waals surface area (Å²) in [7, 11) is 3.49. The van der Waals surface area contributed by atoms with Crippen molar-refractivity contribution in [1.29, 1.82) is 0 Å². The van der Waals surface area contributed by atoms with Gasteiger partial charge in [-0.05, 0) is 36.8 Å². The van der Waals surface area contributed by atoms with Gasteiger partial charge in [0.1, 0.15) is 0 Å². The third-order valence-electron chi connectivity index (χ3n) is 5.84. The van der Waals surface area contributed by atoms with Gasteiger partial charge in [0.15, 0.2) is 5.96 Å². The smallest absolute Gasteiger partial charge is 0.241 e. The molecule has 2 heterocycles. The van der Waals surface area contributed by atoms with Crippen molar-refractivity contribution < 1.29 is 14.6 Å². The normalized spacial score (nSPS) is 21.7. The second kappa shape index (κ2) is 14.0. The highest BCUT2D eigenvalue weighted by Crippen LogP contribution is 2.17. The number of likely N-dealkylation sites (N-methyl/N-ethyl adjacent to an activating group) is 1. The number of hydrogen-bond acceptors (Lipinski definition) is 5. The minimum absolute atomic E-state index is 0. The number of benzene rings is 1. The maximum absolute atomic E-state index is 12.0. The quantitative estimate of drug-likeness (QED) is 0.255. The van der Waals surface area contributed by atoms with E-state index in [0.717, 1.165) is 51.1 Å². The Morgan fingerprint density at radius 1 is 1.22 bits per heavy atom. The largest absolute Gasteiger partial charge is 0.392 e. The molecule has 3 rings (SSSR count). The van der Waals surface area contributed by atoms with Crippen molar-refractivity contribution in [3.8, 4) is 0 Å². The molecular weight excluding hydrogens is 521 g/mol. The third kappa shape index (κ3) is 8.84. The van der Waals surface area contributed by atoms with E-state index in [1.54, 1.807) is 19.0 Å². The van der Waals surface area contributed by atoms with Crippen molar-refractivity contribution in [3.63, 3.8) is 0 Å². The van der Waals surface area contributed by atoms with Crippen LogP contribution in [0, 0.1) is 0 Å². The van der Waals surface area contributed by atoms with E-state index in [1.165, 1.54) is 12.0 Å². The number of aliphatic hydroxyl groups excluding tert-OH is 1. The van der Waals surface area contributed by atoms with Crippen LogP contribution in [0.15, 0.2) is 29.3 Å². The SMILES string of the molecule is CN(C)C(=O)CNC(=NCc1ccccc1CN1CCC(O)C1)NCC1CCCCO1.I. The first-order valence-corrected chi connectivity index (χ1v) is 11.3. The molecule has 32 heavy (non-hydrogen) atoms. The average molecular weight is 559 g/mol. The maximum atomic E-state index is 12.0. The van der Waals surface area contributed by atoms with Crippen molar-refractivity contribution in [2.24, 2.45) is 4.99 Å². The topological polar surface area (TPSA) is 89.4 Å². The highest BCUT2D eigenvalue weighted by molar-refractivity contribution is 14.0. The monoisotopic (exact) mass is 559 g/mol. The Kier molecular flexibility index (Phi) is 11.7. The van der Waals surface area contributed by atoms with E-state index in [9.17, 15) is 9.90 Å². The Morgan fingerprint density at radius 2 is 2.00 bits per heavy atom. The number of rotatable bonds is 8. The molecule has 2 fully saturated rings. The van der Waals surface area contributed by atoms with Crippen LogP contribution in [0.25, 0.3) is 0 Å². The van der Waals surface area contributed by atoms with Gasteiger partial charge >= 0.3 is 0 Å². The second-order valence-electron chi connectivity index (χ2n) is 8.62. The molecule has 180 valence electrons. The molecule has 2 aliphatic heterocycles. The summed E-state index contributed by atoms with van der Waals surface area (Å²) in [5, 5.41) is 16.3. The summed E-state index contributed by atoms with van der Waals surface area (Å²) in [6.45, 7) is 4.65. The van der Waals surface area contributed by atoms with Gasteiger partial charge in [-0.25, -0.2) is 4.99 Å². The first kappa shape index (κ1) is 26.8. The molecule has 0 bridgehead atoms. The van der Waals surface area contributed by atoms with Crippen molar-refractivity contribution in [2.75, 3.05) is 46.9 Å². The number of likely N-dealkylation sites (tertiary alicyclic amines) is 1. The summed E-state index contributed by atoms with van der Waals surface area (Å²) in [6.07, 6.45) is 4.14. The summed E-state index contributed by atoms with van der Waals surface area (Å²) in [4.78, 5) is 20.6. The summed E-state index contributed by atoms with van der Waals surface area (Å²) < 4.78 is 5.81. The zero-order valence-corrected chi connectivity index (χ0v) is 21.6. The Labute approximate surface area is 208 Å². The van der Waals surface area contributed by atoms with E-state index in [0.29, 0.717) is 19.0 Å². The molecule has 0 saturated carbocycles. The van der Waals surface area contributed by atoms with Crippen LogP contribution in [0.5, 0.6) is 0 Å². The van der Waals surface area contributed by atoms with Crippen LogP contribution in [-0.2, 0) is 22.6 Å². The molecule has 2 aliphatic rings. The highest BCUT2D eigenvalue weighted by atomic mass is 127. The Morgan fingerprint density at radius 3 is 2.66 bits per heavy atom. The number of hydrogen-bond donors (Lipinski definition) is 3. The van der Waals surface area contributed by atoms with Crippen molar-refractivity contribution >= 4 is 35.8 Å². The zero-order chi connectivity index (χ0) is 22.1. The Hall–Kier alpha value is -1.43. The van der Waals surface area contributed by atoms with E-state index in [1.807, 2.05) is 12.1 Å². The van der Waals surface area contributed by atoms with E-state index in [2.05, 4.69) is 27.7 Å². The summed E-state index contributed by atoms with van der Waals surface area (Å²) in [5.74, 6) is 0.618. The molecule has 2 saturated heterocycles. The van der Waals surface area contributed by atoms with E-state index in [4.69, 9.17) is 9.73 Å². The number of carbonyl (C=O) groups excluding carboxylic acids is 1. The first-order chi connectivity index (χ1) is 15.0. The van der Waals surface area contributed by atoms with Crippen LogP contribution in [0.2, 0.25) is 0 Å². The number of carbonyl (C=O) groups is 1. The number of nitrogens with one attached hydrogen (secondary N) is 2. The van der Waals surface area contributed by atoms with Gasteiger partial charge in [-0.1, -0.05) is 24.3 Å². The van der Waals surface area contributed by atoms with Gasteiger partial charge in [-0.2, -0.15) is 0 Å². The highest BCUT2D eigenvalue weighted by Gasteiger charge is 2.21. The molecule has 3 N–H and O–H groups in total. The number of β-amino-alcohol motifs (C(OH)–C–C–N with tert-alkyl or cyclic N) is 1. The van der Waals surface area contributed by atoms with E-state index < -0.39 is 0 Å². The fourth-order valence-corrected chi connectivity index (χ4v) is 3.90. The standard InChI is InChI=1S/C23H37N5O3.HI/c1-27(2)22(30)15-26-23(25-14-21-9-5-6-12-31-21)24-13-18-7-3-4-8-19(18)16-28-11-10-20(29)17-28;/h3-4,7-8,20-21,29H,5-6,9-17H2,1-2H3,(H2,24,25,26);1H. The van der Waals surface area contributed by atoms with E-state index in [-0.39, 0.29) is 48.6 Å². The van der Waals surface area contributed by atoms with Gasteiger partial charge in [-0.3, -0.25) is 9.69 Å². The van der Waals surface area contributed by atoms with Crippen LogP contribution < -0.4 is 10.6 Å². The minimum Gasteiger partial charge on any atom is -0.392 e. The number of aliphatic hydroxyl groups is 1. The van der Waals surface area contributed by atoms with Gasteiger partial charge in [0.05, 0.1) is 25.3 Å². The molecule has 0 spiro atoms. The molecule has 0 aliphatic carbocycles. The number of ether oxygens (including phenoxy) is 1. The fraction of sp³-hybridized carbons (Fsp3) is 0.652. The lowest BCUT2D eigenvalue weighted by atomic mass is 10.1. The van der Waals surface area contributed by atoms with Gasteiger partial charge in [0, 0.05) is 46.9 Å². The second-order valence-corrected chi connectivity index (χ2v) is 8.62. The third-order valence-corrected chi connectivity index (χ3v) is 5.84. The van der Waals surface area contributed by atoms with Gasteiger partial charge < -0.3 is 25.4 Å². The number of nitrogens with zero attached hydrogens (tertiary/aromatic N) is 3. The van der Waals surface area contributed by atoms with E-state index >= 15 is 0 Å². The van der Waals surface area contributed by atoms with Gasteiger partial charge in [0.2, 0.25) is 5.91 Å². The number of guanidine groups is 1. The average Bonchev–Trinajstić information content (AvgIpc) is 3.19. The molecule has 1 amide bonds. The molecule has 9 heteroatoms.